The molecular formula is C16H18N6O3S2. The van der Waals surface area contributed by atoms with E-state index in [9.17, 15) is 4.79 Å². The third-order valence-electron chi connectivity index (χ3n) is 3.67. The van der Waals surface area contributed by atoms with Gasteiger partial charge in [-0.3, -0.25) is 4.79 Å². The molecule has 3 aromatic rings. The summed E-state index contributed by atoms with van der Waals surface area (Å²) in [6, 6.07) is 3.73. The first kappa shape index (κ1) is 18.0. The minimum atomic E-state index is -0.157. The quantitative estimate of drug-likeness (QED) is 0.623. The largest absolute Gasteiger partial charge is 0.486 e. The third-order valence-corrected chi connectivity index (χ3v) is 5.56. The van der Waals surface area contributed by atoms with E-state index >= 15 is 0 Å². The van der Waals surface area contributed by atoms with E-state index < -0.39 is 0 Å². The van der Waals surface area contributed by atoms with Gasteiger partial charge in [0.1, 0.15) is 13.2 Å². The molecule has 1 aliphatic rings. The highest BCUT2D eigenvalue weighted by Gasteiger charge is 2.17. The van der Waals surface area contributed by atoms with E-state index in [-0.39, 0.29) is 11.7 Å². The maximum Gasteiger partial charge on any atom is 0.236 e. The average Bonchev–Trinajstić information content (AvgIpc) is 3.22. The minimum Gasteiger partial charge on any atom is -0.486 e. The van der Waals surface area contributed by atoms with Crippen LogP contribution >= 0.6 is 23.1 Å². The summed E-state index contributed by atoms with van der Waals surface area (Å²) < 4.78 is 13.8. The summed E-state index contributed by atoms with van der Waals surface area (Å²) in [7, 11) is 0. The first-order valence-corrected chi connectivity index (χ1v) is 10.3. The zero-order chi connectivity index (χ0) is 18.8. The molecule has 0 spiro atoms. The Morgan fingerprint density at radius 3 is 2.89 bits per heavy atom. The Hall–Kier alpha value is -2.40. The van der Waals surface area contributed by atoms with Crippen molar-refractivity contribution >= 4 is 44.4 Å². The van der Waals surface area contributed by atoms with Gasteiger partial charge in [-0.05, 0) is 16.3 Å². The lowest BCUT2D eigenvalue weighted by Crippen LogP contribution is -2.15. The molecule has 1 aliphatic heterocycles. The fourth-order valence-corrected chi connectivity index (χ4v) is 4.14. The van der Waals surface area contributed by atoms with Crippen molar-refractivity contribution in [2.75, 3.05) is 24.3 Å². The number of nitrogens with one attached hydrogen (secondary N) is 1. The first-order valence-electron chi connectivity index (χ1n) is 8.47. The molecule has 0 fully saturated rings. The van der Waals surface area contributed by atoms with Crippen molar-refractivity contribution in [3.8, 4) is 11.5 Å². The Morgan fingerprint density at radius 1 is 1.33 bits per heavy atom. The molecule has 2 aromatic heterocycles. The average molecular weight is 406 g/mol. The van der Waals surface area contributed by atoms with Crippen LogP contribution in [0.1, 0.15) is 13.8 Å². The van der Waals surface area contributed by atoms with Crippen LogP contribution in [0.2, 0.25) is 0 Å². The van der Waals surface area contributed by atoms with Gasteiger partial charge < -0.3 is 14.8 Å². The lowest BCUT2D eigenvalue weighted by Gasteiger charge is -2.17. The number of thiazole rings is 1. The van der Waals surface area contributed by atoms with Gasteiger partial charge >= 0.3 is 0 Å². The van der Waals surface area contributed by atoms with Crippen molar-refractivity contribution in [1.82, 2.24) is 25.2 Å². The van der Waals surface area contributed by atoms with Crippen LogP contribution in [-0.2, 0) is 11.3 Å². The summed E-state index contributed by atoms with van der Waals surface area (Å²) in [6.45, 7) is 5.95. The summed E-state index contributed by atoms with van der Waals surface area (Å²) in [6.07, 6.45) is 0. The monoisotopic (exact) mass is 406 g/mol. The van der Waals surface area contributed by atoms with Crippen LogP contribution in [0.4, 0.5) is 5.13 Å². The second-order valence-electron chi connectivity index (χ2n) is 6.36. The standard InChI is InChI=1S/C16H18N6O3S2/c1-9(2)7-22-16(19-20-21-22)26-8-14(23)18-15-17-10-5-11-12(6-13(10)27-15)25-4-3-24-11/h5-6,9H,3-4,7-8H2,1-2H3,(H,17,18,23). The Bertz CT molecular complexity index is 927. The van der Waals surface area contributed by atoms with Crippen LogP contribution in [0.25, 0.3) is 10.2 Å². The van der Waals surface area contributed by atoms with E-state index in [1.165, 1.54) is 23.1 Å². The molecule has 0 aliphatic carbocycles. The lowest BCUT2D eigenvalue weighted by atomic mass is 10.2. The van der Waals surface area contributed by atoms with Crippen LogP contribution in [0.15, 0.2) is 17.3 Å². The number of nitrogens with zero attached hydrogens (tertiary/aromatic N) is 5. The molecule has 0 bridgehead atoms. The normalized spacial score (nSPS) is 13.3. The lowest BCUT2D eigenvalue weighted by molar-refractivity contribution is -0.113. The molecule has 11 heteroatoms. The molecule has 0 unspecified atom stereocenters. The number of amides is 1. The van der Waals surface area contributed by atoms with E-state index in [2.05, 4.69) is 39.7 Å². The van der Waals surface area contributed by atoms with Gasteiger partial charge in [0.2, 0.25) is 11.1 Å². The third kappa shape index (κ3) is 4.14. The van der Waals surface area contributed by atoms with Crippen LogP contribution in [0.3, 0.4) is 0 Å². The fourth-order valence-electron chi connectivity index (χ4n) is 2.56. The van der Waals surface area contributed by atoms with Crippen molar-refractivity contribution in [2.45, 2.75) is 25.5 Å². The Labute approximate surface area is 163 Å². The van der Waals surface area contributed by atoms with Crippen molar-refractivity contribution in [2.24, 2.45) is 5.92 Å². The van der Waals surface area contributed by atoms with E-state index in [1.54, 1.807) is 4.68 Å². The number of rotatable bonds is 6. The van der Waals surface area contributed by atoms with Crippen LogP contribution < -0.4 is 14.8 Å². The zero-order valence-corrected chi connectivity index (χ0v) is 16.5. The van der Waals surface area contributed by atoms with Crippen molar-refractivity contribution < 1.29 is 14.3 Å². The number of carbonyl (C=O) groups is 1. The van der Waals surface area contributed by atoms with E-state index in [4.69, 9.17) is 9.47 Å². The zero-order valence-electron chi connectivity index (χ0n) is 14.8. The number of tetrazole rings is 1. The fraction of sp³-hybridized carbons (Fsp3) is 0.438. The maximum atomic E-state index is 12.3. The second kappa shape index (κ2) is 7.69. The van der Waals surface area contributed by atoms with Gasteiger partial charge in [-0.25, -0.2) is 9.67 Å². The van der Waals surface area contributed by atoms with Crippen molar-refractivity contribution in [3.05, 3.63) is 12.1 Å². The summed E-state index contributed by atoms with van der Waals surface area (Å²) >= 11 is 2.70. The predicted octanol–water partition coefficient (Wildman–Crippen LogP) is 2.44. The van der Waals surface area contributed by atoms with Gasteiger partial charge in [0.05, 0.1) is 16.0 Å². The maximum absolute atomic E-state index is 12.3. The number of fused-ring (bicyclic) bond motifs is 2. The molecule has 1 aromatic carbocycles. The molecule has 1 amide bonds. The van der Waals surface area contributed by atoms with Gasteiger partial charge in [-0.2, -0.15) is 0 Å². The topological polar surface area (TPSA) is 104 Å². The molecule has 142 valence electrons. The SMILES string of the molecule is CC(C)Cn1nnnc1SCC(=O)Nc1nc2cc3c(cc2s1)OCCO3. The number of benzene rings is 1. The van der Waals surface area contributed by atoms with Crippen molar-refractivity contribution in [3.63, 3.8) is 0 Å². The molecular weight excluding hydrogens is 388 g/mol. The number of carbonyl (C=O) groups excluding carboxylic acids is 1. The van der Waals surface area contributed by atoms with Gasteiger partial charge in [0, 0.05) is 18.7 Å². The van der Waals surface area contributed by atoms with Gasteiger partial charge in [0.15, 0.2) is 16.6 Å². The highest BCUT2D eigenvalue weighted by Crippen LogP contribution is 2.37. The number of ether oxygens (including phenoxy) is 2. The van der Waals surface area contributed by atoms with Crippen LogP contribution in [0, 0.1) is 5.92 Å². The molecule has 0 radical (unpaired) electrons. The number of hydrogen-bond donors (Lipinski definition) is 1. The second-order valence-corrected chi connectivity index (χ2v) is 8.33. The summed E-state index contributed by atoms with van der Waals surface area (Å²) in [5, 5.41) is 15.6. The predicted molar refractivity (Wildman–Crippen MR) is 103 cm³/mol. The molecule has 4 rings (SSSR count). The minimum absolute atomic E-state index is 0.157. The first-order chi connectivity index (χ1) is 13.1. The number of anilines is 1. The van der Waals surface area contributed by atoms with Gasteiger partial charge in [0.25, 0.3) is 0 Å². The molecule has 3 heterocycles. The molecule has 0 saturated heterocycles. The van der Waals surface area contributed by atoms with E-state index in [0.717, 1.165) is 10.2 Å². The number of thioether (sulfide) groups is 1. The summed E-state index contributed by atoms with van der Waals surface area (Å²) in [5.41, 5.74) is 0.771. The smallest absolute Gasteiger partial charge is 0.236 e. The molecule has 0 saturated carbocycles. The molecule has 1 N–H and O–H groups in total. The highest BCUT2D eigenvalue weighted by atomic mass is 32.2. The molecule has 0 atom stereocenters. The highest BCUT2D eigenvalue weighted by molar-refractivity contribution is 7.99. The van der Waals surface area contributed by atoms with Gasteiger partial charge in [-0.1, -0.05) is 36.9 Å². The molecule has 9 nitrogen and oxygen atoms in total. The van der Waals surface area contributed by atoms with Crippen molar-refractivity contribution in [1.29, 1.82) is 0 Å². The summed E-state index contributed by atoms with van der Waals surface area (Å²) in [5.74, 6) is 1.86. The Morgan fingerprint density at radius 2 is 2.11 bits per heavy atom. The Kier molecular flexibility index (Phi) is 5.12. The number of hydrogen-bond acceptors (Lipinski definition) is 9. The van der Waals surface area contributed by atoms with Gasteiger partial charge in [-0.15, -0.1) is 5.10 Å². The Balaban J connectivity index is 1.40. The van der Waals surface area contributed by atoms with E-state index in [1.807, 2.05) is 12.1 Å². The number of aromatic nitrogens is 5. The summed E-state index contributed by atoms with van der Waals surface area (Å²) in [4.78, 5) is 16.7. The van der Waals surface area contributed by atoms with Crippen LogP contribution in [0.5, 0.6) is 11.5 Å². The van der Waals surface area contributed by atoms with Crippen LogP contribution in [-0.4, -0.2) is 50.1 Å². The van der Waals surface area contributed by atoms with E-state index in [0.29, 0.717) is 47.5 Å². The molecule has 27 heavy (non-hydrogen) atoms.